The number of nitrogens with one attached hydrogen (secondary N) is 2. The van der Waals surface area contributed by atoms with Crippen molar-refractivity contribution >= 4 is 34.3 Å². The van der Waals surface area contributed by atoms with E-state index in [1.165, 1.54) is 6.92 Å². The zero-order valence-corrected chi connectivity index (χ0v) is 14.3. The fourth-order valence-electron chi connectivity index (χ4n) is 2.44. The average Bonchev–Trinajstić information content (AvgIpc) is 2.46. The summed E-state index contributed by atoms with van der Waals surface area (Å²) in [5.41, 5.74) is 3.32. The third kappa shape index (κ3) is 4.42. The van der Waals surface area contributed by atoms with Gasteiger partial charge in [-0.1, -0.05) is 23.2 Å². The van der Waals surface area contributed by atoms with Gasteiger partial charge in [0.2, 0.25) is 5.91 Å². The largest absolute Gasteiger partial charge is 0.356 e. The van der Waals surface area contributed by atoms with Crippen molar-refractivity contribution in [2.45, 2.75) is 27.2 Å². The molecule has 0 saturated carbocycles. The van der Waals surface area contributed by atoms with Crippen molar-refractivity contribution in [2.24, 2.45) is 0 Å². The van der Waals surface area contributed by atoms with Gasteiger partial charge in [0.15, 0.2) is 0 Å². The molecule has 0 saturated heterocycles. The zero-order valence-electron chi connectivity index (χ0n) is 13.5. The van der Waals surface area contributed by atoms with Gasteiger partial charge in [-0.3, -0.25) is 9.59 Å². The van der Waals surface area contributed by atoms with Crippen LogP contribution in [-0.4, -0.2) is 29.9 Å². The van der Waals surface area contributed by atoms with Crippen LogP contribution in [0.5, 0.6) is 0 Å². The quantitative estimate of drug-likeness (QED) is 0.653. The van der Waals surface area contributed by atoms with Crippen molar-refractivity contribution in [1.82, 2.24) is 15.6 Å². The molecule has 23 heavy (non-hydrogen) atoms. The predicted octanol–water partition coefficient (Wildman–Crippen LogP) is 2.76. The fraction of sp³-hybridized carbons (Fsp3) is 0.353. The van der Waals surface area contributed by atoms with Gasteiger partial charge in [-0.05, 0) is 38.0 Å². The third-order valence-corrected chi connectivity index (χ3v) is 3.75. The topological polar surface area (TPSA) is 71.1 Å². The lowest BCUT2D eigenvalue weighted by Gasteiger charge is -2.10. The molecule has 122 valence electrons. The van der Waals surface area contributed by atoms with Crippen molar-refractivity contribution in [3.05, 3.63) is 40.0 Å². The number of rotatable bonds is 5. The molecule has 0 aliphatic carbocycles. The first-order valence-electron chi connectivity index (χ1n) is 7.48. The number of amides is 2. The summed E-state index contributed by atoms with van der Waals surface area (Å²) in [6, 6.07) is 5.79. The van der Waals surface area contributed by atoms with Crippen LogP contribution >= 0.6 is 11.6 Å². The lowest BCUT2D eigenvalue weighted by molar-refractivity contribution is -0.118. The van der Waals surface area contributed by atoms with Crippen LogP contribution in [0.4, 0.5) is 0 Å². The summed E-state index contributed by atoms with van der Waals surface area (Å²) in [5, 5.41) is 6.57. The molecule has 2 N–H and O–H groups in total. The molecule has 1 heterocycles. The van der Waals surface area contributed by atoms with E-state index in [1.54, 1.807) is 6.07 Å². The van der Waals surface area contributed by atoms with Gasteiger partial charge in [0.25, 0.3) is 5.91 Å². The lowest BCUT2D eigenvalue weighted by Crippen LogP contribution is -2.29. The number of carbonyl (C=O) groups excluding carboxylic acids is 2. The molecule has 2 aromatic rings. The summed E-state index contributed by atoms with van der Waals surface area (Å²) in [5.74, 6) is -0.338. The van der Waals surface area contributed by atoms with Crippen molar-refractivity contribution in [2.75, 3.05) is 13.1 Å². The number of hydrogen-bond donors (Lipinski definition) is 2. The summed E-state index contributed by atoms with van der Waals surface area (Å²) >= 11 is 6.16. The minimum atomic E-state index is -0.258. The molecule has 2 rings (SSSR count). The highest BCUT2D eigenvalue weighted by molar-refractivity contribution is 6.33. The van der Waals surface area contributed by atoms with E-state index in [1.807, 2.05) is 26.0 Å². The summed E-state index contributed by atoms with van der Waals surface area (Å²) in [6.45, 7) is 6.42. The van der Waals surface area contributed by atoms with Crippen LogP contribution in [0.3, 0.4) is 0 Å². The maximum atomic E-state index is 12.3. The van der Waals surface area contributed by atoms with Gasteiger partial charge in [0.1, 0.15) is 5.15 Å². The zero-order chi connectivity index (χ0) is 17.0. The molecule has 0 atom stereocenters. The normalized spacial score (nSPS) is 10.6. The molecule has 0 unspecified atom stereocenters. The SMILES string of the molecule is CC(=O)NCCCNC(=O)c1cc2cc(C)cc(C)c2nc1Cl. The van der Waals surface area contributed by atoms with Crippen molar-refractivity contribution < 1.29 is 9.59 Å². The van der Waals surface area contributed by atoms with Crippen LogP contribution in [0, 0.1) is 13.8 Å². The molecule has 0 aliphatic heterocycles. The number of aryl methyl sites for hydroxylation is 2. The monoisotopic (exact) mass is 333 g/mol. The standard InChI is InChI=1S/C17H20ClN3O2/c1-10-7-11(2)15-13(8-10)9-14(16(18)21-15)17(23)20-6-4-5-19-12(3)22/h7-9H,4-6H2,1-3H3,(H,19,22)(H,20,23). The van der Waals surface area contributed by atoms with E-state index in [4.69, 9.17) is 11.6 Å². The van der Waals surface area contributed by atoms with Crippen LogP contribution in [0.25, 0.3) is 10.9 Å². The van der Waals surface area contributed by atoms with Gasteiger partial charge in [-0.15, -0.1) is 0 Å². The molecule has 0 radical (unpaired) electrons. The number of fused-ring (bicyclic) bond motifs is 1. The Morgan fingerprint density at radius 3 is 2.52 bits per heavy atom. The maximum absolute atomic E-state index is 12.3. The Labute approximate surface area is 140 Å². The van der Waals surface area contributed by atoms with E-state index in [-0.39, 0.29) is 17.0 Å². The minimum Gasteiger partial charge on any atom is -0.356 e. The summed E-state index contributed by atoms with van der Waals surface area (Å²) < 4.78 is 0. The second-order valence-corrected chi connectivity index (χ2v) is 5.93. The molecule has 1 aromatic heterocycles. The summed E-state index contributed by atoms with van der Waals surface area (Å²) in [4.78, 5) is 27.4. The van der Waals surface area contributed by atoms with E-state index in [0.717, 1.165) is 22.0 Å². The number of pyridine rings is 1. The number of carbonyl (C=O) groups is 2. The molecule has 0 bridgehead atoms. The van der Waals surface area contributed by atoms with E-state index in [0.29, 0.717) is 25.1 Å². The number of nitrogens with zero attached hydrogens (tertiary/aromatic N) is 1. The van der Waals surface area contributed by atoms with Crippen LogP contribution in [-0.2, 0) is 4.79 Å². The molecule has 6 heteroatoms. The number of hydrogen-bond acceptors (Lipinski definition) is 3. The fourth-order valence-corrected chi connectivity index (χ4v) is 2.66. The second kappa shape index (κ2) is 7.42. The highest BCUT2D eigenvalue weighted by Crippen LogP contribution is 2.24. The van der Waals surface area contributed by atoms with E-state index in [2.05, 4.69) is 15.6 Å². The first kappa shape index (κ1) is 17.2. The van der Waals surface area contributed by atoms with Crippen LogP contribution in [0.2, 0.25) is 5.15 Å². The predicted molar refractivity (Wildman–Crippen MR) is 91.9 cm³/mol. The molecule has 0 fully saturated rings. The van der Waals surface area contributed by atoms with E-state index >= 15 is 0 Å². The Kier molecular flexibility index (Phi) is 5.55. The number of benzene rings is 1. The van der Waals surface area contributed by atoms with Crippen molar-refractivity contribution in [3.8, 4) is 0 Å². The van der Waals surface area contributed by atoms with Gasteiger partial charge in [0.05, 0.1) is 11.1 Å². The van der Waals surface area contributed by atoms with Crippen molar-refractivity contribution in [1.29, 1.82) is 0 Å². The molecule has 5 nitrogen and oxygen atoms in total. The van der Waals surface area contributed by atoms with E-state index < -0.39 is 0 Å². The highest BCUT2D eigenvalue weighted by atomic mass is 35.5. The molecular weight excluding hydrogens is 314 g/mol. The summed E-state index contributed by atoms with van der Waals surface area (Å²) in [6.07, 6.45) is 0.655. The first-order valence-corrected chi connectivity index (χ1v) is 7.86. The highest BCUT2D eigenvalue weighted by Gasteiger charge is 2.13. The third-order valence-electron chi connectivity index (χ3n) is 3.46. The maximum Gasteiger partial charge on any atom is 0.254 e. The van der Waals surface area contributed by atoms with Crippen LogP contribution in [0.1, 0.15) is 34.8 Å². The molecular formula is C17H20ClN3O2. The Morgan fingerprint density at radius 2 is 1.83 bits per heavy atom. The Morgan fingerprint density at radius 1 is 1.13 bits per heavy atom. The molecule has 2 amide bonds. The van der Waals surface area contributed by atoms with Gasteiger partial charge in [0, 0.05) is 25.4 Å². The smallest absolute Gasteiger partial charge is 0.254 e. The Hall–Kier alpha value is -2.14. The number of halogens is 1. The summed E-state index contributed by atoms with van der Waals surface area (Å²) in [7, 11) is 0. The minimum absolute atomic E-state index is 0.0798. The van der Waals surface area contributed by atoms with Crippen LogP contribution in [0.15, 0.2) is 18.2 Å². The van der Waals surface area contributed by atoms with Gasteiger partial charge in [-0.25, -0.2) is 4.98 Å². The van der Waals surface area contributed by atoms with Gasteiger partial charge >= 0.3 is 0 Å². The number of aromatic nitrogens is 1. The van der Waals surface area contributed by atoms with Gasteiger partial charge in [-0.2, -0.15) is 0 Å². The van der Waals surface area contributed by atoms with Crippen molar-refractivity contribution in [3.63, 3.8) is 0 Å². The average molecular weight is 334 g/mol. The van der Waals surface area contributed by atoms with E-state index in [9.17, 15) is 9.59 Å². The second-order valence-electron chi connectivity index (χ2n) is 5.57. The molecule has 1 aromatic carbocycles. The Bertz CT molecular complexity index is 759. The lowest BCUT2D eigenvalue weighted by atomic mass is 10.1. The molecule has 0 aliphatic rings. The van der Waals surface area contributed by atoms with Crippen LogP contribution < -0.4 is 10.6 Å². The molecule has 0 spiro atoms. The first-order chi connectivity index (χ1) is 10.9. The Balaban J connectivity index is 2.11. The van der Waals surface area contributed by atoms with Gasteiger partial charge < -0.3 is 10.6 Å².